The van der Waals surface area contributed by atoms with E-state index in [1.165, 1.54) is 82.4 Å². The molecule has 0 aliphatic carbocycles. The van der Waals surface area contributed by atoms with Crippen LogP contribution in [0.2, 0.25) is 0 Å². The molecule has 2 aromatic carbocycles. The number of unbranched alkanes of at least 4 members (excludes halogenated alkanes) is 11. The number of benzene rings is 2. The molecule has 0 atom stereocenters. The van der Waals surface area contributed by atoms with E-state index < -0.39 is 20.8 Å². The minimum atomic E-state index is -4.61. The summed E-state index contributed by atoms with van der Waals surface area (Å²) in [6.07, 6.45) is 16.3. The Morgan fingerprint density at radius 1 is 0.719 bits per heavy atom. The molecule has 0 heterocycles. The first-order valence-electron chi connectivity index (χ1n) is 12.0. The van der Waals surface area contributed by atoms with Crippen LogP contribution < -0.4 is 4.74 Å². The second kappa shape index (κ2) is 14.2. The first kappa shape index (κ1) is 26.2. The highest BCUT2D eigenvalue weighted by molar-refractivity contribution is 7.86. The molecule has 0 bridgehead atoms. The maximum Gasteiger partial charge on any atom is 0.301 e. The van der Waals surface area contributed by atoms with Gasteiger partial charge in [-0.05, 0) is 36.6 Å². The van der Waals surface area contributed by atoms with Crippen LogP contribution in [0.5, 0.6) is 17.2 Å². The van der Waals surface area contributed by atoms with E-state index in [0.717, 1.165) is 24.8 Å². The highest BCUT2D eigenvalue weighted by Crippen LogP contribution is 2.36. The molecule has 0 amide bonds. The van der Waals surface area contributed by atoms with E-state index in [0.29, 0.717) is 5.75 Å². The molecule has 0 radical (unpaired) electrons. The third-order valence-corrected chi connectivity index (χ3v) is 6.63. The van der Waals surface area contributed by atoms with E-state index in [2.05, 4.69) is 6.92 Å². The fraction of sp³-hybridized carbons (Fsp3) is 0.538. The van der Waals surface area contributed by atoms with Gasteiger partial charge in [-0.1, -0.05) is 102 Å². The summed E-state index contributed by atoms with van der Waals surface area (Å²) in [7, 11) is -4.61. The van der Waals surface area contributed by atoms with Crippen LogP contribution in [-0.4, -0.2) is 18.1 Å². The van der Waals surface area contributed by atoms with Gasteiger partial charge in [0.2, 0.25) is 0 Å². The number of aromatic hydroxyl groups is 1. The Bertz CT molecular complexity index is 908. The molecule has 0 saturated heterocycles. The van der Waals surface area contributed by atoms with Crippen molar-refractivity contribution in [2.24, 2.45) is 0 Å². The number of hydrogen-bond donors (Lipinski definition) is 2. The first-order chi connectivity index (χ1) is 15.4. The molecule has 0 unspecified atom stereocenters. The summed E-state index contributed by atoms with van der Waals surface area (Å²) in [6, 6.07) is 11.6. The minimum Gasteiger partial charge on any atom is -0.506 e. The summed E-state index contributed by atoms with van der Waals surface area (Å²) in [5.74, 6) is -0.0934. The molecule has 0 aromatic heterocycles. The van der Waals surface area contributed by atoms with E-state index in [1.807, 2.05) is 18.2 Å². The third kappa shape index (κ3) is 9.21. The smallest absolute Gasteiger partial charge is 0.301 e. The van der Waals surface area contributed by atoms with Gasteiger partial charge < -0.3 is 9.84 Å². The second-order valence-electron chi connectivity index (χ2n) is 8.43. The third-order valence-electron chi connectivity index (χ3n) is 5.71. The zero-order valence-corrected chi connectivity index (χ0v) is 20.1. The topological polar surface area (TPSA) is 83.8 Å². The highest BCUT2D eigenvalue weighted by atomic mass is 32.2. The van der Waals surface area contributed by atoms with E-state index in [-0.39, 0.29) is 5.75 Å². The van der Waals surface area contributed by atoms with Crippen molar-refractivity contribution in [1.82, 2.24) is 0 Å². The zero-order valence-electron chi connectivity index (χ0n) is 19.3. The number of aryl methyl sites for hydroxylation is 1. The molecular formula is C26H38O5S. The molecule has 0 aliphatic rings. The van der Waals surface area contributed by atoms with Gasteiger partial charge in [-0.15, -0.1) is 0 Å². The molecule has 0 fully saturated rings. The van der Waals surface area contributed by atoms with Crippen molar-refractivity contribution in [2.75, 3.05) is 0 Å². The second-order valence-corrected chi connectivity index (χ2v) is 9.79. The van der Waals surface area contributed by atoms with Crippen molar-refractivity contribution in [2.45, 2.75) is 95.3 Å². The molecule has 2 aromatic rings. The number of phenolic OH excluding ortho intramolecular Hbond substituents is 1. The monoisotopic (exact) mass is 462 g/mol. The summed E-state index contributed by atoms with van der Waals surface area (Å²) >= 11 is 0. The summed E-state index contributed by atoms with van der Waals surface area (Å²) in [4.78, 5) is -0.611. The van der Waals surface area contributed by atoms with Crippen LogP contribution in [0.25, 0.3) is 0 Å². The van der Waals surface area contributed by atoms with Gasteiger partial charge in [0.25, 0.3) is 0 Å². The molecule has 0 saturated carbocycles. The lowest BCUT2D eigenvalue weighted by atomic mass is 10.0. The van der Waals surface area contributed by atoms with Gasteiger partial charge >= 0.3 is 10.1 Å². The van der Waals surface area contributed by atoms with Gasteiger partial charge in [-0.25, -0.2) is 0 Å². The summed E-state index contributed by atoms with van der Waals surface area (Å²) < 4.78 is 38.6. The molecule has 2 rings (SSSR count). The molecule has 0 spiro atoms. The van der Waals surface area contributed by atoms with E-state index >= 15 is 0 Å². The number of para-hydroxylation sites is 1. The Morgan fingerprint density at radius 3 is 1.84 bits per heavy atom. The lowest BCUT2D eigenvalue weighted by Gasteiger charge is -2.14. The lowest BCUT2D eigenvalue weighted by Crippen LogP contribution is -2.02. The summed E-state index contributed by atoms with van der Waals surface area (Å²) in [5, 5.41) is 9.88. The maximum absolute atomic E-state index is 11.7. The van der Waals surface area contributed by atoms with E-state index in [4.69, 9.17) is 4.74 Å². The van der Waals surface area contributed by atoms with Gasteiger partial charge in [0.1, 0.15) is 11.5 Å². The molecule has 6 heteroatoms. The Morgan fingerprint density at radius 2 is 1.25 bits per heavy atom. The Hall–Kier alpha value is -2.05. The molecule has 5 nitrogen and oxygen atoms in total. The fourth-order valence-electron chi connectivity index (χ4n) is 3.93. The number of ether oxygens (including phenoxy) is 1. The summed E-state index contributed by atoms with van der Waals surface area (Å²) in [6.45, 7) is 2.25. The zero-order chi connectivity index (χ0) is 23.2. The van der Waals surface area contributed by atoms with E-state index in [9.17, 15) is 18.1 Å². The number of phenols is 1. The van der Waals surface area contributed by atoms with Gasteiger partial charge in [0.15, 0.2) is 10.6 Å². The molecule has 32 heavy (non-hydrogen) atoms. The Balaban J connectivity index is 1.77. The number of hydrogen-bond acceptors (Lipinski definition) is 4. The van der Waals surface area contributed by atoms with Crippen LogP contribution in [-0.2, 0) is 16.5 Å². The van der Waals surface area contributed by atoms with Crippen molar-refractivity contribution in [3.05, 3.63) is 48.0 Å². The standard InChI is InChI=1S/C26H38O5S/c1-2-3-4-5-6-7-8-9-10-11-12-13-17-22-18-14-15-20-24(22)31-25-21-16-19-23(27)26(25)32(28,29)30/h14-16,18-21,27H,2-13,17H2,1H3,(H,28,29,30). The van der Waals surface area contributed by atoms with Crippen LogP contribution in [0.1, 0.15) is 89.5 Å². The number of rotatable bonds is 16. The largest absolute Gasteiger partial charge is 0.506 e. The van der Waals surface area contributed by atoms with Crippen LogP contribution in [0.15, 0.2) is 47.4 Å². The predicted octanol–water partition coefficient (Wildman–Crippen LogP) is 7.67. The highest BCUT2D eigenvalue weighted by Gasteiger charge is 2.22. The maximum atomic E-state index is 11.7. The van der Waals surface area contributed by atoms with Crippen molar-refractivity contribution in [3.63, 3.8) is 0 Å². The Kier molecular flexibility index (Phi) is 11.6. The SMILES string of the molecule is CCCCCCCCCCCCCCc1ccccc1Oc1cccc(O)c1S(=O)(=O)O. The van der Waals surface area contributed by atoms with Gasteiger partial charge in [0.05, 0.1) is 0 Å². The molecule has 2 N–H and O–H groups in total. The predicted molar refractivity (Wildman–Crippen MR) is 129 cm³/mol. The van der Waals surface area contributed by atoms with Crippen LogP contribution in [0.4, 0.5) is 0 Å². The summed E-state index contributed by atoms with van der Waals surface area (Å²) in [5.41, 5.74) is 0.976. The molecule has 0 aliphatic heterocycles. The van der Waals surface area contributed by atoms with Gasteiger partial charge in [0, 0.05) is 0 Å². The lowest BCUT2D eigenvalue weighted by molar-refractivity contribution is 0.413. The molecule has 178 valence electrons. The first-order valence-corrected chi connectivity index (χ1v) is 13.4. The quantitative estimate of drug-likeness (QED) is 0.197. The average molecular weight is 463 g/mol. The average Bonchev–Trinajstić information content (AvgIpc) is 2.74. The Labute approximate surface area is 193 Å². The van der Waals surface area contributed by atoms with Crippen molar-refractivity contribution in [1.29, 1.82) is 0 Å². The van der Waals surface area contributed by atoms with Crippen molar-refractivity contribution >= 4 is 10.1 Å². The van der Waals surface area contributed by atoms with Gasteiger partial charge in [-0.2, -0.15) is 8.42 Å². The van der Waals surface area contributed by atoms with Crippen molar-refractivity contribution in [3.8, 4) is 17.2 Å². The van der Waals surface area contributed by atoms with Crippen LogP contribution >= 0.6 is 0 Å². The van der Waals surface area contributed by atoms with Crippen LogP contribution in [0, 0.1) is 0 Å². The van der Waals surface area contributed by atoms with Gasteiger partial charge in [-0.3, -0.25) is 4.55 Å². The molecular weight excluding hydrogens is 424 g/mol. The minimum absolute atomic E-state index is 0.0883. The van der Waals surface area contributed by atoms with Crippen molar-refractivity contribution < 1.29 is 22.8 Å². The van der Waals surface area contributed by atoms with Crippen LogP contribution in [0.3, 0.4) is 0 Å². The normalized spacial score (nSPS) is 11.6. The fourth-order valence-corrected chi connectivity index (χ4v) is 4.63. The van der Waals surface area contributed by atoms with E-state index in [1.54, 1.807) is 6.07 Å².